The molecule has 0 bridgehead atoms. The molecular weight excluding hydrogens is 632 g/mol. The number of hydrogen-bond acceptors (Lipinski definition) is 8. The van der Waals surface area contributed by atoms with E-state index >= 15 is 0 Å². The summed E-state index contributed by atoms with van der Waals surface area (Å²) >= 11 is 7.50. The van der Waals surface area contributed by atoms with E-state index in [1.54, 1.807) is 60.7 Å². The average Bonchev–Trinajstić information content (AvgIpc) is 3.77. The summed E-state index contributed by atoms with van der Waals surface area (Å²) < 4.78 is 36.2. The quantitative estimate of drug-likeness (QED) is 0.139. The van der Waals surface area contributed by atoms with E-state index in [-0.39, 0.29) is 29.8 Å². The van der Waals surface area contributed by atoms with Crippen molar-refractivity contribution in [3.63, 3.8) is 0 Å². The average molecular weight is 665 g/mol. The maximum atomic E-state index is 13.4. The van der Waals surface area contributed by atoms with E-state index in [1.807, 2.05) is 24.3 Å². The third-order valence-electron chi connectivity index (χ3n) is 7.10. The number of halogens is 1. The number of esters is 1. The van der Waals surface area contributed by atoms with Crippen LogP contribution in [0.4, 0.5) is 5.69 Å². The molecule has 0 saturated heterocycles. The van der Waals surface area contributed by atoms with Gasteiger partial charge < -0.3 is 14.8 Å². The molecule has 1 aliphatic rings. The van der Waals surface area contributed by atoms with Gasteiger partial charge in [-0.2, -0.15) is 0 Å². The van der Waals surface area contributed by atoms with Crippen LogP contribution in [0.15, 0.2) is 77.0 Å². The summed E-state index contributed by atoms with van der Waals surface area (Å²) in [5.74, 6) is -0.0578. The Morgan fingerprint density at radius 2 is 1.87 bits per heavy atom. The molecule has 1 aromatic heterocycles. The van der Waals surface area contributed by atoms with Crippen LogP contribution in [0.1, 0.15) is 64.3 Å². The smallest absolute Gasteiger partial charge is 0.344 e. The number of benzene rings is 3. The summed E-state index contributed by atoms with van der Waals surface area (Å²) in [5, 5.41) is 6.40. The molecule has 1 heterocycles. The maximum Gasteiger partial charge on any atom is 0.344 e. The number of aryl methyl sites for hydroxylation is 1. The van der Waals surface area contributed by atoms with Gasteiger partial charge in [0.05, 0.1) is 28.6 Å². The number of rotatable bonds is 14. The molecule has 234 valence electrons. The Labute approximate surface area is 272 Å². The Bertz CT molecular complexity index is 1800. The lowest BCUT2D eigenvalue weighted by Crippen LogP contribution is -2.17. The van der Waals surface area contributed by atoms with Gasteiger partial charge >= 0.3 is 5.97 Å². The first kappa shape index (κ1) is 32.4. The molecule has 45 heavy (non-hydrogen) atoms. The van der Waals surface area contributed by atoms with Crippen molar-refractivity contribution in [2.75, 3.05) is 24.3 Å². The molecule has 1 N–H and O–H groups in total. The molecule has 1 fully saturated rings. The van der Waals surface area contributed by atoms with Crippen molar-refractivity contribution in [2.45, 2.75) is 43.4 Å². The third-order valence-corrected chi connectivity index (χ3v) is 9.99. The number of amides is 1. The van der Waals surface area contributed by atoms with Crippen molar-refractivity contribution >= 4 is 62.5 Å². The Morgan fingerprint density at radius 3 is 2.62 bits per heavy atom. The van der Waals surface area contributed by atoms with Gasteiger partial charge in [-0.05, 0) is 98.3 Å². The summed E-state index contributed by atoms with van der Waals surface area (Å²) in [6.45, 7) is 1.60. The molecule has 0 unspecified atom stereocenters. The number of aromatic nitrogens is 1. The fourth-order valence-electron chi connectivity index (χ4n) is 4.61. The molecular formula is C34H33ClN2O6S2. The highest BCUT2D eigenvalue weighted by atomic mass is 35.5. The van der Waals surface area contributed by atoms with Crippen LogP contribution in [0.5, 0.6) is 5.75 Å². The largest absolute Gasteiger partial charge is 0.480 e. The number of nitrogens with zero attached hydrogens (tertiary/aromatic N) is 1. The fraction of sp³-hybridized carbons (Fsp3) is 0.265. The van der Waals surface area contributed by atoms with E-state index in [0.29, 0.717) is 40.8 Å². The first-order valence-electron chi connectivity index (χ1n) is 14.6. The van der Waals surface area contributed by atoms with Crippen molar-refractivity contribution in [3.05, 3.63) is 105 Å². The minimum atomic E-state index is -3.48. The first-order valence-corrected chi connectivity index (χ1v) is 17.6. The van der Waals surface area contributed by atoms with Crippen molar-refractivity contribution < 1.29 is 27.5 Å². The number of nitrogens with one attached hydrogen (secondary N) is 1. The first-order chi connectivity index (χ1) is 21.7. The zero-order chi connectivity index (χ0) is 31.8. The molecule has 3 aromatic carbocycles. The normalized spacial score (nSPS) is 13.1. The van der Waals surface area contributed by atoms with Crippen molar-refractivity contribution in [1.82, 2.24) is 4.98 Å². The van der Waals surface area contributed by atoms with Crippen molar-refractivity contribution in [2.24, 2.45) is 0 Å². The monoisotopic (exact) mass is 664 g/mol. The summed E-state index contributed by atoms with van der Waals surface area (Å²) in [5.41, 5.74) is 3.59. The number of carbonyl (C=O) groups is 2. The van der Waals surface area contributed by atoms with E-state index in [4.69, 9.17) is 21.1 Å². The highest BCUT2D eigenvalue weighted by Crippen LogP contribution is 2.40. The SMILES string of the molecule is CCOC(=O)COc1ccc(CCCS(=O)(=O)c2ccc(Cl)cc2)cc1NC(=O)c1cccc(C=Cc2nc(C3CC3)cs2)c1. The number of hydrogen-bond donors (Lipinski definition) is 1. The summed E-state index contributed by atoms with van der Waals surface area (Å²) in [6, 6.07) is 18.5. The van der Waals surface area contributed by atoms with E-state index < -0.39 is 15.8 Å². The molecule has 5 rings (SSSR count). The lowest BCUT2D eigenvalue weighted by molar-refractivity contribution is -0.145. The van der Waals surface area contributed by atoms with Crippen LogP contribution in [-0.4, -0.2) is 44.2 Å². The minimum absolute atomic E-state index is 0.0549. The van der Waals surface area contributed by atoms with E-state index in [1.165, 1.54) is 25.0 Å². The van der Waals surface area contributed by atoms with Crippen LogP contribution in [0, 0.1) is 0 Å². The number of carbonyl (C=O) groups excluding carboxylic acids is 2. The van der Waals surface area contributed by atoms with E-state index in [2.05, 4.69) is 15.7 Å². The topological polar surface area (TPSA) is 112 Å². The van der Waals surface area contributed by atoms with E-state index in [9.17, 15) is 18.0 Å². The Morgan fingerprint density at radius 1 is 1.07 bits per heavy atom. The molecule has 1 saturated carbocycles. The van der Waals surface area contributed by atoms with Crippen LogP contribution in [-0.2, 0) is 25.8 Å². The van der Waals surface area contributed by atoms with Crippen LogP contribution >= 0.6 is 22.9 Å². The second-order valence-corrected chi connectivity index (χ2v) is 14.0. The second kappa shape index (κ2) is 14.9. The Kier molecular flexibility index (Phi) is 10.7. The predicted octanol–water partition coefficient (Wildman–Crippen LogP) is 7.45. The number of sulfone groups is 1. The highest BCUT2D eigenvalue weighted by molar-refractivity contribution is 7.91. The molecule has 1 aliphatic carbocycles. The van der Waals surface area contributed by atoms with Gasteiger partial charge in [-0.3, -0.25) is 4.79 Å². The molecule has 1 amide bonds. The molecule has 0 spiro atoms. The van der Waals surface area contributed by atoms with Gasteiger partial charge in [-0.1, -0.05) is 35.9 Å². The summed E-state index contributed by atoms with van der Waals surface area (Å²) in [4.78, 5) is 30.2. The molecule has 4 aromatic rings. The minimum Gasteiger partial charge on any atom is -0.480 e. The summed E-state index contributed by atoms with van der Waals surface area (Å²) in [6.07, 6.45) is 7.08. The van der Waals surface area contributed by atoms with E-state index in [0.717, 1.165) is 21.8 Å². The standard InChI is InChI=1S/C34H33ClN2O6S2/c1-2-42-33(38)21-43-31-16-8-24(6-4-18-45(40,41)28-14-12-27(35)13-15-28)20-29(31)37-34(39)26-7-3-5-23(19-26)9-17-32-36-30(22-44-32)25-10-11-25/h3,5,7-9,12-17,19-20,22,25H,2,4,6,10-11,18,21H2,1H3,(H,37,39). The van der Waals surface area contributed by atoms with Crippen molar-refractivity contribution in [3.8, 4) is 5.75 Å². The predicted molar refractivity (Wildman–Crippen MR) is 178 cm³/mol. The van der Waals surface area contributed by atoms with Gasteiger partial charge in [0.25, 0.3) is 5.91 Å². The van der Waals surface area contributed by atoms with Crippen LogP contribution in [0.25, 0.3) is 12.2 Å². The Hall–Kier alpha value is -3.99. The fourth-order valence-corrected chi connectivity index (χ4v) is 6.84. The zero-order valence-corrected chi connectivity index (χ0v) is 27.1. The van der Waals surface area contributed by atoms with Crippen LogP contribution < -0.4 is 10.1 Å². The van der Waals surface area contributed by atoms with Crippen LogP contribution in [0.2, 0.25) is 5.02 Å². The number of thiazole rings is 1. The highest BCUT2D eigenvalue weighted by Gasteiger charge is 2.25. The van der Waals surface area contributed by atoms with Gasteiger partial charge in [-0.15, -0.1) is 11.3 Å². The van der Waals surface area contributed by atoms with Crippen LogP contribution in [0.3, 0.4) is 0 Å². The number of ether oxygens (including phenoxy) is 2. The molecule has 8 nitrogen and oxygen atoms in total. The lowest BCUT2D eigenvalue weighted by atomic mass is 10.1. The third kappa shape index (κ3) is 9.26. The number of anilines is 1. The lowest BCUT2D eigenvalue weighted by Gasteiger charge is -2.14. The zero-order valence-electron chi connectivity index (χ0n) is 24.7. The van der Waals surface area contributed by atoms with Gasteiger partial charge in [0.2, 0.25) is 0 Å². The second-order valence-electron chi connectivity index (χ2n) is 10.6. The molecule has 0 aliphatic heterocycles. The van der Waals surface area contributed by atoms with Gasteiger partial charge in [0.15, 0.2) is 16.4 Å². The Balaban J connectivity index is 1.28. The van der Waals surface area contributed by atoms with Gasteiger partial charge in [0, 0.05) is 21.9 Å². The van der Waals surface area contributed by atoms with Crippen molar-refractivity contribution in [1.29, 1.82) is 0 Å². The molecule has 11 heteroatoms. The maximum absolute atomic E-state index is 13.4. The summed E-state index contributed by atoms with van der Waals surface area (Å²) in [7, 11) is -3.48. The molecule has 0 atom stereocenters. The van der Waals surface area contributed by atoms with Gasteiger partial charge in [-0.25, -0.2) is 18.2 Å². The van der Waals surface area contributed by atoms with Gasteiger partial charge in [0.1, 0.15) is 10.8 Å². The molecule has 0 radical (unpaired) electrons.